The lowest BCUT2D eigenvalue weighted by molar-refractivity contribution is 0.600. The van der Waals surface area contributed by atoms with Gasteiger partial charge in [0.25, 0.3) is 0 Å². The highest BCUT2D eigenvalue weighted by Crippen LogP contribution is 2.16. The first-order valence-electron chi connectivity index (χ1n) is 6.97. The van der Waals surface area contributed by atoms with Crippen LogP contribution in [0.1, 0.15) is 18.9 Å². The fraction of sp³-hybridized carbons (Fsp3) is 0.250. The Labute approximate surface area is 126 Å². The molecule has 0 saturated carbocycles. The van der Waals surface area contributed by atoms with Crippen LogP contribution in [-0.4, -0.2) is 14.2 Å². The lowest BCUT2D eigenvalue weighted by atomic mass is 10.2. The van der Waals surface area contributed by atoms with Crippen molar-refractivity contribution in [1.29, 1.82) is 0 Å². The summed E-state index contributed by atoms with van der Waals surface area (Å²) in [5.74, 6) is 0.140. The minimum atomic E-state index is -3.22. The standard InChI is InChI=1S/C16H20N2O2S/c1-2-12-21(19,20)18-16-10-8-15(9-11-16)17-13-14-6-4-3-5-7-14/h3-11,17-18H,2,12-13H2,1H3. The summed E-state index contributed by atoms with van der Waals surface area (Å²) >= 11 is 0. The summed E-state index contributed by atoms with van der Waals surface area (Å²) in [5.41, 5.74) is 2.75. The van der Waals surface area contributed by atoms with E-state index in [1.807, 2.05) is 37.3 Å². The molecule has 2 N–H and O–H groups in total. The van der Waals surface area contributed by atoms with E-state index < -0.39 is 10.0 Å². The Balaban J connectivity index is 1.93. The van der Waals surface area contributed by atoms with Crippen LogP contribution in [0, 0.1) is 0 Å². The second kappa shape index (κ2) is 7.13. The molecule has 0 fully saturated rings. The molecule has 112 valence electrons. The van der Waals surface area contributed by atoms with Crippen molar-refractivity contribution in [3.8, 4) is 0 Å². The summed E-state index contributed by atoms with van der Waals surface area (Å²) in [4.78, 5) is 0. The SMILES string of the molecule is CCCS(=O)(=O)Nc1ccc(NCc2ccccc2)cc1. The molecule has 0 aliphatic rings. The number of anilines is 2. The smallest absolute Gasteiger partial charge is 0.232 e. The Bertz CT molecular complexity index is 652. The van der Waals surface area contributed by atoms with Crippen LogP contribution in [0.2, 0.25) is 0 Å². The van der Waals surface area contributed by atoms with E-state index in [9.17, 15) is 8.42 Å². The number of hydrogen-bond acceptors (Lipinski definition) is 3. The van der Waals surface area contributed by atoms with Crippen LogP contribution in [0.15, 0.2) is 54.6 Å². The number of sulfonamides is 1. The van der Waals surface area contributed by atoms with E-state index >= 15 is 0 Å². The number of benzene rings is 2. The summed E-state index contributed by atoms with van der Waals surface area (Å²) in [5, 5.41) is 3.30. The second-order valence-corrected chi connectivity index (χ2v) is 6.68. The fourth-order valence-corrected chi connectivity index (χ4v) is 3.09. The first-order chi connectivity index (χ1) is 10.1. The molecule has 5 heteroatoms. The minimum absolute atomic E-state index is 0.140. The maximum atomic E-state index is 11.7. The average Bonchev–Trinajstić information content (AvgIpc) is 2.47. The molecule has 0 aliphatic heterocycles. The van der Waals surface area contributed by atoms with Crippen molar-refractivity contribution in [2.45, 2.75) is 19.9 Å². The molecule has 0 heterocycles. The molecular formula is C16H20N2O2S. The maximum Gasteiger partial charge on any atom is 0.232 e. The van der Waals surface area contributed by atoms with Crippen molar-refractivity contribution in [3.05, 3.63) is 60.2 Å². The molecule has 0 radical (unpaired) electrons. The van der Waals surface area contributed by atoms with Crippen molar-refractivity contribution < 1.29 is 8.42 Å². The van der Waals surface area contributed by atoms with Gasteiger partial charge in [0.2, 0.25) is 10.0 Å². The van der Waals surface area contributed by atoms with E-state index in [0.717, 1.165) is 12.2 Å². The van der Waals surface area contributed by atoms with E-state index in [1.165, 1.54) is 5.56 Å². The molecule has 0 aromatic heterocycles. The highest BCUT2D eigenvalue weighted by Gasteiger charge is 2.08. The summed E-state index contributed by atoms with van der Waals surface area (Å²) in [7, 11) is -3.22. The predicted octanol–water partition coefficient (Wildman–Crippen LogP) is 3.45. The van der Waals surface area contributed by atoms with Gasteiger partial charge in [-0.25, -0.2) is 8.42 Å². The van der Waals surface area contributed by atoms with Crippen LogP contribution >= 0.6 is 0 Å². The van der Waals surface area contributed by atoms with Crippen molar-refractivity contribution in [2.75, 3.05) is 15.8 Å². The topological polar surface area (TPSA) is 58.2 Å². The summed E-state index contributed by atoms with van der Waals surface area (Å²) < 4.78 is 25.9. The van der Waals surface area contributed by atoms with Gasteiger partial charge in [0.05, 0.1) is 5.75 Å². The number of rotatable bonds is 7. The van der Waals surface area contributed by atoms with Crippen molar-refractivity contribution in [1.82, 2.24) is 0 Å². The van der Waals surface area contributed by atoms with Crippen LogP contribution in [0.3, 0.4) is 0 Å². The molecule has 0 bridgehead atoms. The van der Waals surface area contributed by atoms with Gasteiger partial charge in [-0.15, -0.1) is 0 Å². The van der Waals surface area contributed by atoms with Gasteiger partial charge in [0.1, 0.15) is 0 Å². The zero-order valence-electron chi connectivity index (χ0n) is 12.0. The summed E-state index contributed by atoms with van der Waals surface area (Å²) in [6, 6.07) is 17.4. The molecular weight excluding hydrogens is 284 g/mol. The van der Waals surface area contributed by atoms with Crippen LogP contribution in [0.5, 0.6) is 0 Å². The monoisotopic (exact) mass is 304 g/mol. The Kier molecular flexibility index (Phi) is 5.22. The molecule has 21 heavy (non-hydrogen) atoms. The van der Waals surface area contributed by atoms with Gasteiger partial charge in [0.15, 0.2) is 0 Å². The molecule has 2 aromatic rings. The van der Waals surface area contributed by atoms with Gasteiger partial charge in [-0.05, 0) is 36.2 Å². The van der Waals surface area contributed by atoms with Gasteiger partial charge in [-0.1, -0.05) is 37.3 Å². The zero-order chi connectivity index (χ0) is 15.1. The van der Waals surface area contributed by atoms with Crippen molar-refractivity contribution >= 4 is 21.4 Å². The van der Waals surface area contributed by atoms with Crippen LogP contribution < -0.4 is 10.0 Å². The van der Waals surface area contributed by atoms with Crippen LogP contribution in [-0.2, 0) is 16.6 Å². The molecule has 0 unspecified atom stereocenters. The lowest BCUT2D eigenvalue weighted by Gasteiger charge is -2.09. The quantitative estimate of drug-likeness (QED) is 0.823. The lowest BCUT2D eigenvalue weighted by Crippen LogP contribution is -2.15. The highest BCUT2D eigenvalue weighted by molar-refractivity contribution is 7.92. The number of nitrogens with one attached hydrogen (secondary N) is 2. The van der Waals surface area contributed by atoms with Crippen LogP contribution in [0.25, 0.3) is 0 Å². The van der Waals surface area contributed by atoms with Gasteiger partial charge in [-0.3, -0.25) is 4.72 Å². The Morgan fingerprint density at radius 2 is 1.52 bits per heavy atom. The van der Waals surface area contributed by atoms with Gasteiger partial charge >= 0.3 is 0 Å². The molecule has 4 nitrogen and oxygen atoms in total. The summed E-state index contributed by atoms with van der Waals surface area (Å²) in [6.07, 6.45) is 0.603. The molecule has 0 saturated heterocycles. The number of hydrogen-bond donors (Lipinski definition) is 2. The molecule has 2 rings (SSSR count). The van der Waals surface area contributed by atoms with Gasteiger partial charge in [-0.2, -0.15) is 0 Å². The molecule has 0 spiro atoms. The third-order valence-electron chi connectivity index (χ3n) is 2.97. The zero-order valence-corrected chi connectivity index (χ0v) is 12.9. The summed E-state index contributed by atoms with van der Waals surface area (Å²) in [6.45, 7) is 2.58. The van der Waals surface area contributed by atoms with E-state index in [2.05, 4.69) is 22.2 Å². The van der Waals surface area contributed by atoms with E-state index in [1.54, 1.807) is 12.1 Å². The normalized spacial score (nSPS) is 11.1. The minimum Gasteiger partial charge on any atom is -0.381 e. The molecule has 0 amide bonds. The van der Waals surface area contributed by atoms with E-state index in [4.69, 9.17) is 0 Å². The molecule has 0 atom stereocenters. The largest absolute Gasteiger partial charge is 0.381 e. The molecule has 0 aliphatic carbocycles. The van der Waals surface area contributed by atoms with Crippen LogP contribution in [0.4, 0.5) is 11.4 Å². The van der Waals surface area contributed by atoms with Crippen molar-refractivity contribution in [3.63, 3.8) is 0 Å². The Morgan fingerprint density at radius 1 is 0.905 bits per heavy atom. The van der Waals surface area contributed by atoms with Crippen molar-refractivity contribution in [2.24, 2.45) is 0 Å². The first-order valence-corrected chi connectivity index (χ1v) is 8.62. The Hall–Kier alpha value is -2.01. The molecule has 2 aromatic carbocycles. The second-order valence-electron chi connectivity index (χ2n) is 4.84. The van der Waals surface area contributed by atoms with E-state index in [0.29, 0.717) is 12.1 Å². The predicted molar refractivity (Wildman–Crippen MR) is 87.9 cm³/mol. The van der Waals surface area contributed by atoms with Gasteiger partial charge < -0.3 is 5.32 Å². The fourth-order valence-electron chi connectivity index (χ4n) is 1.96. The third kappa shape index (κ3) is 5.11. The average molecular weight is 304 g/mol. The van der Waals surface area contributed by atoms with Gasteiger partial charge in [0, 0.05) is 17.9 Å². The highest BCUT2D eigenvalue weighted by atomic mass is 32.2. The Morgan fingerprint density at radius 3 is 2.14 bits per heavy atom. The van der Waals surface area contributed by atoms with E-state index in [-0.39, 0.29) is 5.75 Å². The third-order valence-corrected chi connectivity index (χ3v) is 4.46. The maximum absolute atomic E-state index is 11.7. The first kappa shape index (κ1) is 15.4.